The lowest BCUT2D eigenvalue weighted by atomic mass is 9.70. The second-order valence-corrected chi connectivity index (χ2v) is 9.04. The summed E-state index contributed by atoms with van der Waals surface area (Å²) >= 11 is 0. The number of hydrogen-bond donors (Lipinski definition) is 3. The van der Waals surface area contributed by atoms with Crippen LogP contribution in [0.1, 0.15) is 38.7 Å². The number of piperidine rings is 1. The van der Waals surface area contributed by atoms with Gasteiger partial charge >= 0.3 is 6.18 Å². The van der Waals surface area contributed by atoms with E-state index in [1.165, 1.54) is 6.92 Å². The molecule has 0 bridgehead atoms. The molecule has 0 aromatic heterocycles. The van der Waals surface area contributed by atoms with Crippen LogP contribution >= 0.6 is 0 Å². The van der Waals surface area contributed by atoms with Gasteiger partial charge in [0.1, 0.15) is 5.75 Å². The molecule has 31 heavy (non-hydrogen) atoms. The van der Waals surface area contributed by atoms with E-state index in [9.17, 15) is 28.5 Å². The van der Waals surface area contributed by atoms with Crippen molar-refractivity contribution in [2.24, 2.45) is 17.8 Å². The molecule has 3 N–H and O–H groups in total. The van der Waals surface area contributed by atoms with Crippen molar-refractivity contribution in [2.75, 3.05) is 20.3 Å². The SMILES string of the molecule is COc1ccc(CN2CC[C@@H](C(C)C(O)(O)C(F)(F)F)C3CO[C@](C)(O)CC[C@H]32)cc1. The zero-order valence-corrected chi connectivity index (χ0v) is 18.1. The summed E-state index contributed by atoms with van der Waals surface area (Å²) in [4.78, 5) is 2.20. The third-order valence-electron chi connectivity index (χ3n) is 6.99. The maximum Gasteiger partial charge on any atom is 0.443 e. The second kappa shape index (κ2) is 8.86. The number of benzene rings is 1. The molecule has 0 spiro atoms. The quantitative estimate of drug-likeness (QED) is 0.603. The number of alkyl halides is 3. The predicted molar refractivity (Wildman–Crippen MR) is 107 cm³/mol. The lowest BCUT2D eigenvalue weighted by Crippen LogP contribution is -2.58. The van der Waals surface area contributed by atoms with Crippen molar-refractivity contribution in [3.05, 3.63) is 29.8 Å². The molecule has 2 aliphatic rings. The first-order valence-electron chi connectivity index (χ1n) is 10.6. The first kappa shape index (κ1) is 24.3. The third kappa shape index (κ3) is 5.17. The van der Waals surface area contributed by atoms with E-state index in [2.05, 4.69) is 4.90 Å². The van der Waals surface area contributed by atoms with E-state index in [-0.39, 0.29) is 18.6 Å². The summed E-state index contributed by atoms with van der Waals surface area (Å²) in [5, 5.41) is 30.2. The molecule has 6 nitrogen and oxygen atoms in total. The van der Waals surface area contributed by atoms with Crippen LogP contribution in [0.3, 0.4) is 0 Å². The highest BCUT2D eigenvalue weighted by Gasteiger charge is 2.60. The molecular formula is C22H32F3NO5. The second-order valence-electron chi connectivity index (χ2n) is 9.04. The number of aliphatic hydroxyl groups is 3. The summed E-state index contributed by atoms with van der Waals surface area (Å²) in [5.41, 5.74) is 1.04. The summed E-state index contributed by atoms with van der Waals surface area (Å²) in [6.07, 6.45) is -3.91. The fraction of sp³-hybridized carbons (Fsp3) is 0.727. The molecule has 1 aromatic carbocycles. The van der Waals surface area contributed by atoms with Gasteiger partial charge in [-0.15, -0.1) is 0 Å². The maximum atomic E-state index is 13.3. The Labute approximate surface area is 180 Å². The van der Waals surface area contributed by atoms with E-state index in [4.69, 9.17) is 9.47 Å². The standard InChI is InChI=1S/C22H32F3NO5/c1-14(21(28,29)22(23,24)25)17-9-11-26(12-15-4-6-16(30-3)7-5-15)19-8-10-20(2,27)31-13-18(17)19/h4-7,14,17-19,27-29H,8-13H2,1-3H3/t14?,17-,18?,19+,20-/m0/s1. The van der Waals surface area contributed by atoms with E-state index >= 15 is 0 Å². The Bertz CT molecular complexity index is 738. The highest BCUT2D eigenvalue weighted by Crippen LogP contribution is 2.46. The Kier molecular flexibility index (Phi) is 6.93. The Hall–Kier alpha value is -1.39. The van der Waals surface area contributed by atoms with Crippen molar-refractivity contribution < 1.29 is 38.0 Å². The van der Waals surface area contributed by atoms with Crippen molar-refractivity contribution in [3.8, 4) is 5.75 Å². The van der Waals surface area contributed by atoms with Gasteiger partial charge in [-0.25, -0.2) is 0 Å². The lowest BCUT2D eigenvalue weighted by Gasteiger charge is -2.48. The number of fused-ring (bicyclic) bond motifs is 1. The molecule has 2 saturated heterocycles. The average molecular weight is 447 g/mol. The van der Waals surface area contributed by atoms with Crippen LogP contribution in [0, 0.1) is 17.8 Å². The van der Waals surface area contributed by atoms with E-state index in [1.807, 2.05) is 24.3 Å². The number of ether oxygens (including phenoxy) is 2. The molecule has 2 heterocycles. The van der Waals surface area contributed by atoms with Gasteiger partial charge in [0, 0.05) is 30.8 Å². The normalized spacial score (nSPS) is 31.6. The van der Waals surface area contributed by atoms with Gasteiger partial charge in [-0.1, -0.05) is 19.1 Å². The Morgan fingerprint density at radius 3 is 2.45 bits per heavy atom. The van der Waals surface area contributed by atoms with E-state index in [1.54, 1.807) is 14.0 Å². The minimum atomic E-state index is -5.15. The van der Waals surface area contributed by atoms with Gasteiger partial charge in [0.15, 0.2) is 5.79 Å². The van der Waals surface area contributed by atoms with Gasteiger partial charge in [-0.2, -0.15) is 13.2 Å². The molecule has 0 amide bonds. The van der Waals surface area contributed by atoms with Crippen LogP contribution in [0.2, 0.25) is 0 Å². The van der Waals surface area contributed by atoms with Crippen LogP contribution in [0.15, 0.2) is 24.3 Å². The molecule has 3 rings (SSSR count). The zero-order valence-electron chi connectivity index (χ0n) is 18.1. The third-order valence-corrected chi connectivity index (χ3v) is 6.99. The molecular weight excluding hydrogens is 415 g/mol. The highest BCUT2D eigenvalue weighted by atomic mass is 19.4. The first-order valence-corrected chi connectivity index (χ1v) is 10.6. The monoisotopic (exact) mass is 447 g/mol. The Morgan fingerprint density at radius 2 is 1.87 bits per heavy atom. The molecule has 2 unspecified atom stereocenters. The molecule has 0 aliphatic carbocycles. The minimum absolute atomic E-state index is 0.0553. The number of halogens is 3. The predicted octanol–water partition coefficient (Wildman–Crippen LogP) is 2.90. The van der Waals surface area contributed by atoms with E-state index in [0.29, 0.717) is 32.4 Å². The van der Waals surface area contributed by atoms with Gasteiger partial charge in [0.05, 0.1) is 13.7 Å². The van der Waals surface area contributed by atoms with E-state index < -0.39 is 29.6 Å². The molecule has 0 saturated carbocycles. The Balaban J connectivity index is 1.85. The van der Waals surface area contributed by atoms with Crippen LogP contribution in [0.25, 0.3) is 0 Å². The van der Waals surface area contributed by atoms with Crippen molar-refractivity contribution >= 4 is 0 Å². The van der Waals surface area contributed by atoms with Crippen LogP contribution < -0.4 is 4.74 Å². The van der Waals surface area contributed by atoms with Gasteiger partial charge < -0.3 is 24.8 Å². The van der Waals surface area contributed by atoms with Crippen LogP contribution in [0.5, 0.6) is 5.75 Å². The van der Waals surface area contributed by atoms with Crippen LogP contribution in [-0.2, 0) is 11.3 Å². The summed E-state index contributed by atoms with van der Waals surface area (Å²) in [5.74, 6) is -6.84. The summed E-state index contributed by atoms with van der Waals surface area (Å²) in [6.45, 7) is 3.95. The topological polar surface area (TPSA) is 82.4 Å². The summed E-state index contributed by atoms with van der Waals surface area (Å²) in [6, 6.07) is 7.46. The number of likely N-dealkylation sites (tertiary alicyclic amines) is 1. The van der Waals surface area contributed by atoms with Crippen molar-refractivity contribution in [1.29, 1.82) is 0 Å². The molecule has 9 heteroatoms. The number of rotatable bonds is 5. The molecule has 2 aliphatic heterocycles. The minimum Gasteiger partial charge on any atom is -0.497 e. The molecule has 0 radical (unpaired) electrons. The highest BCUT2D eigenvalue weighted by molar-refractivity contribution is 5.27. The summed E-state index contributed by atoms with van der Waals surface area (Å²) in [7, 11) is 1.59. The largest absolute Gasteiger partial charge is 0.497 e. The fourth-order valence-corrected chi connectivity index (χ4v) is 4.99. The first-order chi connectivity index (χ1) is 14.4. The molecule has 176 valence electrons. The number of nitrogens with zero attached hydrogens (tertiary/aromatic N) is 1. The van der Waals surface area contributed by atoms with Crippen LogP contribution in [-0.4, -0.2) is 64.3 Å². The molecule has 1 aromatic rings. The number of hydrogen-bond acceptors (Lipinski definition) is 6. The van der Waals surface area contributed by atoms with Gasteiger partial charge in [-0.3, -0.25) is 4.90 Å². The zero-order chi connectivity index (χ0) is 23.0. The van der Waals surface area contributed by atoms with Crippen molar-refractivity contribution in [3.63, 3.8) is 0 Å². The Morgan fingerprint density at radius 1 is 1.23 bits per heavy atom. The number of methoxy groups -OCH3 is 1. The smallest absolute Gasteiger partial charge is 0.443 e. The van der Waals surface area contributed by atoms with Crippen molar-refractivity contribution in [2.45, 2.75) is 63.4 Å². The maximum absolute atomic E-state index is 13.3. The van der Waals surface area contributed by atoms with E-state index in [0.717, 1.165) is 11.3 Å². The molecule has 2 fully saturated rings. The van der Waals surface area contributed by atoms with Gasteiger partial charge in [-0.05, 0) is 49.9 Å². The lowest BCUT2D eigenvalue weighted by molar-refractivity contribution is -0.376. The van der Waals surface area contributed by atoms with Crippen molar-refractivity contribution in [1.82, 2.24) is 4.90 Å². The van der Waals surface area contributed by atoms with Crippen LogP contribution in [0.4, 0.5) is 13.2 Å². The average Bonchev–Trinajstić information content (AvgIpc) is 2.86. The molecule has 5 atom stereocenters. The van der Waals surface area contributed by atoms with Gasteiger partial charge in [0.2, 0.25) is 0 Å². The van der Waals surface area contributed by atoms with Gasteiger partial charge in [0.25, 0.3) is 5.79 Å². The fourth-order valence-electron chi connectivity index (χ4n) is 4.99. The summed E-state index contributed by atoms with van der Waals surface area (Å²) < 4.78 is 50.7.